The molecule has 0 amide bonds. The maximum atomic E-state index is 12.2. The van der Waals surface area contributed by atoms with Crippen LogP contribution in [0.2, 0.25) is 0 Å². The first-order valence-corrected chi connectivity index (χ1v) is 7.86. The van der Waals surface area contributed by atoms with Crippen molar-refractivity contribution in [1.82, 2.24) is 10.0 Å². The molecule has 1 unspecified atom stereocenters. The maximum absolute atomic E-state index is 12.2. The summed E-state index contributed by atoms with van der Waals surface area (Å²) < 4.78 is 27.4. The summed E-state index contributed by atoms with van der Waals surface area (Å²) in [5.74, 6) is 0. The first kappa shape index (κ1) is 12.3. The van der Waals surface area contributed by atoms with Gasteiger partial charge in [-0.1, -0.05) is 6.92 Å². The SMILES string of the molecule is CCC1(NS(=O)(=O)C2CCCNC2)CCC1. The van der Waals surface area contributed by atoms with Crippen LogP contribution < -0.4 is 10.0 Å². The summed E-state index contributed by atoms with van der Waals surface area (Å²) in [5, 5.41) is 2.93. The molecule has 5 heteroatoms. The smallest absolute Gasteiger partial charge is 0.216 e. The fourth-order valence-corrected chi connectivity index (χ4v) is 4.53. The van der Waals surface area contributed by atoms with E-state index in [1.165, 1.54) is 0 Å². The van der Waals surface area contributed by atoms with Gasteiger partial charge in [-0.3, -0.25) is 0 Å². The topological polar surface area (TPSA) is 58.2 Å². The van der Waals surface area contributed by atoms with Crippen molar-refractivity contribution < 1.29 is 8.42 Å². The van der Waals surface area contributed by atoms with Crippen LogP contribution in [-0.2, 0) is 10.0 Å². The minimum atomic E-state index is -3.13. The first-order chi connectivity index (χ1) is 7.58. The minimum absolute atomic E-state index is 0.115. The molecule has 94 valence electrons. The Balaban J connectivity index is 2.01. The molecule has 0 aromatic heterocycles. The molecule has 0 aromatic carbocycles. The van der Waals surface area contributed by atoms with Crippen molar-refractivity contribution in [1.29, 1.82) is 0 Å². The zero-order chi connectivity index (χ0) is 11.6. The number of rotatable bonds is 4. The fourth-order valence-electron chi connectivity index (χ4n) is 2.60. The molecule has 0 spiro atoms. The van der Waals surface area contributed by atoms with Gasteiger partial charge in [0.1, 0.15) is 0 Å². The summed E-state index contributed by atoms with van der Waals surface area (Å²) in [6, 6.07) is 0. The Morgan fingerprint density at radius 2 is 2.12 bits per heavy atom. The van der Waals surface area contributed by atoms with Gasteiger partial charge in [-0.05, 0) is 45.1 Å². The molecular formula is C11H22N2O2S. The number of hydrogen-bond donors (Lipinski definition) is 2. The zero-order valence-electron chi connectivity index (χ0n) is 9.96. The van der Waals surface area contributed by atoms with E-state index in [0.29, 0.717) is 6.54 Å². The fraction of sp³-hybridized carbons (Fsp3) is 1.00. The van der Waals surface area contributed by atoms with E-state index in [4.69, 9.17) is 0 Å². The molecule has 2 rings (SSSR count). The van der Waals surface area contributed by atoms with Gasteiger partial charge in [0, 0.05) is 12.1 Å². The molecule has 1 saturated carbocycles. The predicted molar refractivity (Wildman–Crippen MR) is 64.8 cm³/mol. The highest BCUT2D eigenvalue weighted by atomic mass is 32.2. The lowest BCUT2D eigenvalue weighted by Gasteiger charge is -2.42. The molecular weight excluding hydrogens is 224 g/mol. The molecule has 1 heterocycles. The highest BCUT2D eigenvalue weighted by Gasteiger charge is 2.41. The molecule has 2 fully saturated rings. The third-order valence-electron chi connectivity index (χ3n) is 4.04. The van der Waals surface area contributed by atoms with Gasteiger partial charge in [0.15, 0.2) is 0 Å². The van der Waals surface area contributed by atoms with E-state index in [1.54, 1.807) is 0 Å². The lowest BCUT2D eigenvalue weighted by atomic mass is 9.76. The summed E-state index contributed by atoms with van der Waals surface area (Å²) >= 11 is 0. The quantitative estimate of drug-likeness (QED) is 0.778. The Kier molecular flexibility index (Phi) is 3.56. The van der Waals surface area contributed by atoms with Gasteiger partial charge >= 0.3 is 0 Å². The van der Waals surface area contributed by atoms with Crippen molar-refractivity contribution in [3.05, 3.63) is 0 Å². The summed E-state index contributed by atoms with van der Waals surface area (Å²) in [4.78, 5) is 0. The Morgan fingerprint density at radius 1 is 1.38 bits per heavy atom. The van der Waals surface area contributed by atoms with Gasteiger partial charge in [-0.15, -0.1) is 0 Å². The average Bonchev–Trinajstić information content (AvgIpc) is 2.25. The van der Waals surface area contributed by atoms with Crippen LogP contribution in [0.1, 0.15) is 45.4 Å². The highest BCUT2D eigenvalue weighted by molar-refractivity contribution is 7.90. The van der Waals surface area contributed by atoms with Crippen molar-refractivity contribution in [2.75, 3.05) is 13.1 Å². The van der Waals surface area contributed by atoms with E-state index < -0.39 is 10.0 Å². The largest absolute Gasteiger partial charge is 0.315 e. The van der Waals surface area contributed by atoms with Crippen molar-refractivity contribution in [2.24, 2.45) is 0 Å². The third-order valence-corrected chi connectivity index (χ3v) is 6.03. The van der Waals surface area contributed by atoms with Crippen molar-refractivity contribution in [3.8, 4) is 0 Å². The molecule has 1 aliphatic carbocycles. The molecule has 0 radical (unpaired) electrons. The molecule has 2 aliphatic rings. The molecule has 1 aliphatic heterocycles. The van der Waals surface area contributed by atoms with Gasteiger partial charge in [0.25, 0.3) is 0 Å². The minimum Gasteiger partial charge on any atom is -0.315 e. The maximum Gasteiger partial charge on any atom is 0.216 e. The lowest BCUT2D eigenvalue weighted by Crippen LogP contribution is -2.57. The van der Waals surface area contributed by atoms with Gasteiger partial charge in [-0.25, -0.2) is 13.1 Å². The Morgan fingerprint density at radius 3 is 2.56 bits per heavy atom. The summed E-state index contributed by atoms with van der Waals surface area (Å²) in [5.41, 5.74) is -0.115. The van der Waals surface area contributed by atoms with Crippen molar-refractivity contribution >= 4 is 10.0 Å². The summed E-state index contributed by atoms with van der Waals surface area (Å²) in [6.07, 6.45) is 5.82. The van der Waals surface area contributed by atoms with Crippen LogP contribution in [0.4, 0.5) is 0 Å². The zero-order valence-corrected chi connectivity index (χ0v) is 10.8. The first-order valence-electron chi connectivity index (χ1n) is 6.31. The highest BCUT2D eigenvalue weighted by Crippen LogP contribution is 2.35. The Labute approximate surface area is 98.2 Å². The molecule has 1 saturated heterocycles. The van der Waals surface area contributed by atoms with Crippen LogP contribution in [0.5, 0.6) is 0 Å². The monoisotopic (exact) mass is 246 g/mol. The van der Waals surface area contributed by atoms with Crippen molar-refractivity contribution in [2.45, 2.75) is 56.2 Å². The number of piperidine rings is 1. The number of sulfonamides is 1. The second-order valence-corrected chi connectivity index (χ2v) is 7.06. The Bertz CT molecular complexity index is 324. The number of nitrogens with one attached hydrogen (secondary N) is 2. The van der Waals surface area contributed by atoms with E-state index in [9.17, 15) is 8.42 Å². The third kappa shape index (κ3) is 2.41. The molecule has 0 aromatic rings. The average molecular weight is 246 g/mol. The summed E-state index contributed by atoms with van der Waals surface area (Å²) in [7, 11) is -3.13. The van der Waals surface area contributed by atoms with Crippen LogP contribution in [0.3, 0.4) is 0 Å². The van der Waals surface area contributed by atoms with E-state index in [-0.39, 0.29) is 10.8 Å². The second-order valence-electron chi connectivity index (χ2n) is 5.10. The van der Waals surface area contributed by atoms with E-state index in [0.717, 1.165) is 45.1 Å². The van der Waals surface area contributed by atoms with Crippen molar-refractivity contribution in [3.63, 3.8) is 0 Å². The van der Waals surface area contributed by atoms with Gasteiger partial charge < -0.3 is 5.32 Å². The molecule has 2 N–H and O–H groups in total. The molecule has 1 atom stereocenters. The van der Waals surface area contributed by atoms with Crippen LogP contribution >= 0.6 is 0 Å². The lowest BCUT2D eigenvalue weighted by molar-refractivity contribution is 0.212. The van der Waals surface area contributed by atoms with E-state index in [2.05, 4.69) is 17.0 Å². The van der Waals surface area contributed by atoms with E-state index >= 15 is 0 Å². The van der Waals surface area contributed by atoms with Crippen LogP contribution in [-0.4, -0.2) is 32.3 Å². The van der Waals surface area contributed by atoms with Crippen LogP contribution in [0.15, 0.2) is 0 Å². The van der Waals surface area contributed by atoms with Gasteiger partial charge in [-0.2, -0.15) is 0 Å². The Hall–Kier alpha value is -0.130. The molecule has 4 nitrogen and oxygen atoms in total. The predicted octanol–water partition coefficient (Wildman–Crippen LogP) is 0.990. The van der Waals surface area contributed by atoms with Gasteiger partial charge in [0.2, 0.25) is 10.0 Å². The van der Waals surface area contributed by atoms with Gasteiger partial charge in [0.05, 0.1) is 5.25 Å². The second kappa shape index (κ2) is 4.63. The molecule has 16 heavy (non-hydrogen) atoms. The molecule has 0 bridgehead atoms. The van der Waals surface area contributed by atoms with Crippen LogP contribution in [0, 0.1) is 0 Å². The van der Waals surface area contributed by atoms with Crippen LogP contribution in [0.25, 0.3) is 0 Å². The van der Waals surface area contributed by atoms with E-state index in [1.807, 2.05) is 0 Å². The number of hydrogen-bond acceptors (Lipinski definition) is 3. The normalized spacial score (nSPS) is 29.7. The summed E-state index contributed by atoms with van der Waals surface area (Å²) in [6.45, 7) is 3.63. The standard InChI is InChI=1S/C11H22N2O2S/c1-2-11(6-4-7-11)13-16(14,15)10-5-3-8-12-9-10/h10,12-13H,2-9H2,1H3.